The van der Waals surface area contributed by atoms with E-state index < -0.39 is 24.3 Å². The largest absolute Gasteiger partial charge is 0.494 e. The number of amides is 2. The van der Waals surface area contributed by atoms with Gasteiger partial charge in [0.25, 0.3) is 0 Å². The first-order valence-electron chi connectivity index (χ1n) is 20.2. The summed E-state index contributed by atoms with van der Waals surface area (Å²) in [4.78, 5) is 44.2. The SMILES string of the molecule is CC(C)(C)NC(=O)N1CCCCOc2cc(ccc2C(=O)CCC2(CN3CCCC3)CC2)Cc2nc(nc(OCC(F)(F)F)n2)NCc2ccc(cc2)OCCC1. The van der Waals surface area contributed by atoms with E-state index in [2.05, 4.69) is 30.5 Å². The van der Waals surface area contributed by atoms with E-state index in [9.17, 15) is 22.8 Å². The summed E-state index contributed by atoms with van der Waals surface area (Å²) in [5, 5.41) is 6.15. The number of likely N-dealkylation sites (tertiary alicyclic amines) is 1. The van der Waals surface area contributed by atoms with Crippen molar-refractivity contribution in [1.82, 2.24) is 30.1 Å². The quantitative estimate of drug-likeness (QED) is 0.220. The maximum Gasteiger partial charge on any atom is 0.422 e. The number of alkyl halides is 3. The maximum atomic E-state index is 13.8. The van der Waals surface area contributed by atoms with Crippen molar-refractivity contribution in [2.75, 3.05) is 57.9 Å². The predicted molar refractivity (Wildman–Crippen MR) is 210 cm³/mol. The first kappa shape index (κ1) is 42.0. The second-order valence-electron chi connectivity index (χ2n) is 16.6. The maximum absolute atomic E-state index is 13.8. The number of halogens is 3. The fourth-order valence-corrected chi connectivity index (χ4v) is 7.20. The number of aromatic nitrogens is 3. The lowest BCUT2D eigenvalue weighted by Gasteiger charge is -2.28. The molecule has 0 unspecified atom stereocenters. The molecular weight excluding hydrogens is 740 g/mol. The molecule has 2 fully saturated rings. The van der Waals surface area contributed by atoms with E-state index in [1.54, 1.807) is 23.1 Å². The number of carbonyl (C=O) groups is 2. The van der Waals surface area contributed by atoms with Crippen LogP contribution < -0.4 is 24.8 Å². The Morgan fingerprint density at radius 1 is 0.877 bits per heavy atom. The van der Waals surface area contributed by atoms with E-state index >= 15 is 0 Å². The topological polar surface area (TPSA) is 131 Å². The molecule has 2 amide bonds. The van der Waals surface area contributed by atoms with Crippen LogP contribution in [0.5, 0.6) is 17.5 Å². The van der Waals surface area contributed by atoms with Gasteiger partial charge in [0.15, 0.2) is 12.4 Å². The number of hydrogen-bond donors (Lipinski definition) is 2. The zero-order chi connectivity index (χ0) is 40.5. The van der Waals surface area contributed by atoms with Crippen molar-refractivity contribution >= 4 is 17.8 Å². The Bertz CT molecular complexity index is 1810. The molecule has 0 atom stereocenters. The average molecular weight is 796 g/mol. The highest BCUT2D eigenvalue weighted by Crippen LogP contribution is 2.51. The lowest BCUT2D eigenvalue weighted by atomic mass is 9.94. The van der Waals surface area contributed by atoms with Gasteiger partial charge in [-0.3, -0.25) is 4.79 Å². The number of rotatable bonds is 8. The third-order valence-corrected chi connectivity index (χ3v) is 10.4. The van der Waals surface area contributed by atoms with Crippen LogP contribution in [0.25, 0.3) is 0 Å². The normalized spacial score (nSPS) is 18.2. The third-order valence-electron chi connectivity index (χ3n) is 10.4. The molecule has 6 bridgehead atoms. The van der Waals surface area contributed by atoms with Gasteiger partial charge in [-0.05, 0) is 126 Å². The van der Waals surface area contributed by atoms with Crippen molar-refractivity contribution in [1.29, 1.82) is 0 Å². The van der Waals surface area contributed by atoms with Crippen LogP contribution in [0.15, 0.2) is 42.5 Å². The van der Waals surface area contributed by atoms with Gasteiger partial charge in [-0.15, -0.1) is 0 Å². The zero-order valence-corrected chi connectivity index (χ0v) is 33.4. The van der Waals surface area contributed by atoms with Crippen molar-refractivity contribution < 1.29 is 37.0 Å². The molecule has 3 aromatic rings. The molecule has 4 aliphatic rings. The van der Waals surface area contributed by atoms with Gasteiger partial charge in [0.1, 0.15) is 17.3 Å². The van der Waals surface area contributed by atoms with Crippen molar-refractivity contribution in [2.24, 2.45) is 5.41 Å². The molecule has 3 aliphatic heterocycles. The van der Waals surface area contributed by atoms with Crippen LogP contribution in [-0.2, 0) is 13.0 Å². The second kappa shape index (κ2) is 18.7. The van der Waals surface area contributed by atoms with E-state index in [1.165, 1.54) is 12.8 Å². The van der Waals surface area contributed by atoms with Gasteiger partial charge in [0.2, 0.25) is 5.95 Å². The molecule has 1 saturated heterocycles. The van der Waals surface area contributed by atoms with Crippen LogP contribution in [0.2, 0.25) is 0 Å². The zero-order valence-electron chi connectivity index (χ0n) is 33.4. The number of ether oxygens (including phenoxy) is 3. The van der Waals surface area contributed by atoms with E-state index in [0.29, 0.717) is 74.6 Å². The van der Waals surface area contributed by atoms with Crippen LogP contribution >= 0.6 is 0 Å². The first-order valence-corrected chi connectivity index (χ1v) is 20.2. The van der Waals surface area contributed by atoms with Gasteiger partial charge in [0, 0.05) is 44.6 Å². The van der Waals surface area contributed by atoms with Crippen LogP contribution in [-0.4, -0.2) is 101 Å². The number of ketones is 1. The molecule has 15 heteroatoms. The van der Waals surface area contributed by atoms with Gasteiger partial charge >= 0.3 is 18.2 Å². The molecule has 0 spiro atoms. The first-order chi connectivity index (χ1) is 27.2. The van der Waals surface area contributed by atoms with E-state index in [0.717, 1.165) is 44.5 Å². The molecule has 1 aliphatic carbocycles. The van der Waals surface area contributed by atoms with Crippen molar-refractivity contribution in [3.05, 3.63) is 65.0 Å². The fourth-order valence-electron chi connectivity index (χ4n) is 7.20. The lowest BCUT2D eigenvalue weighted by molar-refractivity contribution is -0.154. The van der Waals surface area contributed by atoms with Crippen molar-refractivity contribution in [3.63, 3.8) is 0 Å². The van der Waals surface area contributed by atoms with E-state index in [4.69, 9.17) is 14.2 Å². The van der Waals surface area contributed by atoms with E-state index in [-0.39, 0.29) is 42.0 Å². The summed E-state index contributed by atoms with van der Waals surface area (Å²) in [6.07, 6.45) is 3.44. The average Bonchev–Trinajstić information content (AvgIpc) is 3.73. The summed E-state index contributed by atoms with van der Waals surface area (Å²) in [7, 11) is 0. The van der Waals surface area contributed by atoms with Crippen LogP contribution in [0.3, 0.4) is 0 Å². The van der Waals surface area contributed by atoms with Crippen LogP contribution in [0.1, 0.15) is 106 Å². The molecule has 1 saturated carbocycles. The van der Waals surface area contributed by atoms with Gasteiger partial charge in [0.05, 0.1) is 18.8 Å². The molecular formula is C42H56F3N7O5. The van der Waals surface area contributed by atoms with Crippen LogP contribution in [0, 0.1) is 5.41 Å². The molecule has 7 rings (SSSR count). The summed E-state index contributed by atoms with van der Waals surface area (Å²) in [6.45, 7) is 9.61. The number of nitrogens with zero attached hydrogens (tertiary/aromatic N) is 5. The standard InChI is InChI=1S/C42H56F3N7O5/c1-40(2,3)50-39(54)52-21-6-7-23-56-35-25-31(11-14-33(35)34(53)15-16-41(17-18-41)28-51-19-4-5-20-51)26-36-47-37(49-38(48-36)57-29-42(43,44)45)46-27-30-9-12-32(13-10-30)55-24-8-22-52/h9-14,25H,4-8,15-24,26-29H2,1-3H3,(H,50,54)(H,46,47,48,49). The number of nitrogens with one attached hydrogen (secondary N) is 2. The number of anilines is 1. The Hall–Kier alpha value is -4.66. The van der Waals surface area contributed by atoms with Gasteiger partial charge in [-0.2, -0.15) is 28.1 Å². The summed E-state index contributed by atoms with van der Waals surface area (Å²) >= 11 is 0. The Labute approximate surface area is 333 Å². The number of fused-ring (bicyclic) bond motifs is 12. The van der Waals surface area contributed by atoms with Crippen molar-refractivity contribution in [3.8, 4) is 17.5 Å². The number of Topliss-reactive ketones (excluding diaryl/α,β-unsaturated/α-hetero) is 1. The molecule has 12 nitrogen and oxygen atoms in total. The molecule has 2 N–H and O–H groups in total. The smallest absolute Gasteiger partial charge is 0.422 e. The Morgan fingerprint density at radius 2 is 1.58 bits per heavy atom. The molecule has 310 valence electrons. The number of benzene rings is 2. The highest BCUT2D eigenvalue weighted by Gasteiger charge is 2.44. The molecule has 1 aromatic heterocycles. The summed E-state index contributed by atoms with van der Waals surface area (Å²) in [5.41, 5.74) is 1.86. The minimum Gasteiger partial charge on any atom is -0.494 e. The molecule has 0 radical (unpaired) electrons. The van der Waals surface area contributed by atoms with Crippen molar-refractivity contribution in [2.45, 2.75) is 103 Å². The summed E-state index contributed by atoms with van der Waals surface area (Å²) in [5.74, 6) is 1.35. The van der Waals surface area contributed by atoms with E-state index in [1.807, 2.05) is 45.0 Å². The molecule has 57 heavy (non-hydrogen) atoms. The van der Waals surface area contributed by atoms with Gasteiger partial charge < -0.3 is 34.6 Å². The number of urea groups is 1. The second-order valence-corrected chi connectivity index (χ2v) is 16.6. The van der Waals surface area contributed by atoms with Gasteiger partial charge in [-0.1, -0.05) is 18.2 Å². The number of hydrogen-bond acceptors (Lipinski definition) is 10. The summed E-state index contributed by atoms with van der Waals surface area (Å²) in [6, 6.07) is 12.2. The Balaban J connectivity index is 1.23. The minimum absolute atomic E-state index is 0.0104. The predicted octanol–water partition coefficient (Wildman–Crippen LogP) is 7.61. The molecule has 4 heterocycles. The third kappa shape index (κ3) is 13.5. The summed E-state index contributed by atoms with van der Waals surface area (Å²) < 4.78 is 56.6. The highest BCUT2D eigenvalue weighted by molar-refractivity contribution is 5.98. The Kier molecular flexibility index (Phi) is 13.8. The van der Waals surface area contributed by atoms with Crippen LogP contribution in [0.4, 0.5) is 23.9 Å². The fraction of sp³-hybridized carbons (Fsp3) is 0.595. The Morgan fingerprint density at radius 3 is 2.30 bits per heavy atom. The monoisotopic (exact) mass is 795 g/mol. The minimum atomic E-state index is -4.58. The number of carbonyl (C=O) groups excluding carboxylic acids is 2. The highest BCUT2D eigenvalue weighted by atomic mass is 19.4. The molecule has 2 aromatic carbocycles. The lowest BCUT2D eigenvalue weighted by Crippen LogP contribution is -2.49. The van der Waals surface area contributed by atoms with Gasteiger partial charge in [-0.25, -0.2) is 4.79 Å².